The largest absolute Gasteiger partial charge is 0.464 e. The average Bonchev–Trinajstić information content (AvgIpc) is 2.85. The Labute approximate surface area is 93.2 Å². The molecule has 0 radical (unpaired) electrons. The maximum Gasteiger partial charge on any atom is 0.139 e. The fourth-order valence-electron chi connectivity index (χ4n) is 2.69. The molecule has 16 heavy (non-hydrogen) atoms. The monoisotopic (exact) mass is 219 g/mol. The molecule has 1 aliphatic rings. The molecule has 1 fully saturated rings. The van der Waals surface area contributed by atoms with Gasteiger partial charge in [-0.2, -0.15) is 0 Å². The summed E-state index contributed by atoms with van der Waals surface area (Å²) >= 11 is 0. The number of nitrogens with two attached hydrogens (primary N) is 1. The standard InChI is InChI=1S/C13H14FNO/c14-10-7-9-3-6-16-12(9)11(8-10)13(15)4-1-2-5-13/h3,6-8H,1-2,4-5,15H2. The van der Waals surface area contributed by atoms with Crippen LogP contribution < -0.4 is 5.73 Å². The second-order valence-electron chi connectivity index (χ2n) is 4.66. The molecule has 2 aromatic rings. The van der Waals surface area contributed by atoms with Gasteiger partial charge in [0, 0.05) is 16.5 Å². The third-order valence-electron chi connectivity index (χ3n) is 3.55. The number of halogens is 1. The van der Waals surface area contributed by atoms with E-state index < -0.39 is 5.54 Å². The van der Waals surface area contributed by atoms with Crippen molar-refractivity contribution in [2.75, 3.05) is 0 Å². The zero-order valence-corrected chi connectivity index (χ0v) is 9.00. The molecule has 1 aromatic carbocycles. The molecule has 0 aliphatic heterocycles. The predicted molar refractivity (Wildman–Crippen MR) is 60.5 cm³/mol. The minimum Gasteiger partial charge on any atom is -0.464 e. The zero-order valence-electron chi connectivity index (χ0n) is 9.00. The molecule has 2 nitrogen and oxygen atoms in total. The molecule has 3 rings (SSSR count). The molecule has 1 saturated carbocycles. The first-order valence-corrected chi connectivity index (χ1v) is 5.65. The Kier molecular flexibility index (Phi) is 2.04. The van der Waals surface area contributed by atoms with Gasteiger partial charge < -0.3 is 10.2 Å². The molecule has 3 heteroatoms. The second-order valence-corrected chi connectivity index (χ2v) is 4.66. The highest BCUT2D eigenvalue weighted by Crippen LogP contribution is 2.40. The van der Waals surface area contributed by atoms with Crippen molar-refractivity contribution in [2.24, 2.45) is 5.73 Å². The lowest BCUT2D eigenvalue weighted by molar-refractivity contribution is 0.452. The number of hydrogen-bond donors (Lipinski definition) is 1. The SMILES string of the molecule is NC1(c2cc(F)cc3ccoc23)CCCC1. The van der Waals surface area contributed by atoms with Crippen molar-refractivity contribution < 1.29 is 8.81 Å². The highest BCUT2D eigenvalue weighted by atomic mass is 19.1. The van der Waals surface area contributed by atoms with Gasteiger partial charge in [-0.25, -0.2) is 4.39 Å². The normalized spacial score (nSPS) is 19.4. The van der Waals surface area contributed by atoms with Crippen LogP contribution >= 0.6 is 0 Å². The van der Waals surface area contributed by atoms with Gasteiger partial charge in [-0.3, -0.25) is 0 Å². The lowest BCUT2D eigenvalue weighted by Gasteiger charge is -2.24. The molecular weight excluding hydrogens is 205 g/mol. The third-order valence-corrected chi connectivity index (χ3v) is 3.55. The van der Waals surface area contributed by atoms with E-state index in [9.17, 15) is 4.39 Å². The van der Waals surface area contributed by atoms with Crippen LogP contribution in [0.5, 0.6) is 0 Å². The van der Waals surface area contributed by atoms with Crippen LogP contribution in [0.25, 0.3) is 11.0 Å². The summed E-state index contributed by atoms with van der Waals surface area (Å²) in [6, 6.07) is 4.79. The van der Waals surface area contributed by atoms with Crippen LogP contribution in [0.15, 0.2) is 28.9 Å². The molecule has 84 valence electrons. The van der Waals surface area contributed by atoms with Gasteiger partial charge >= 0.3 is 0 Å². The first-order chi connectivity index (χ1) is 7.69. The van der Waals surface area contributed by atoms with E-state index in [1.807, 2.05) is 0 Å². The van der Waals surface area contributed by atoms with Gasteiger partial charge in [-0.15, -0.1) is 0 Å². The van der Waals surface area contributed by atoms with Gasteiger partial charge in [0.1, 0.15) is 11.4 Å². The summed E-state index contributed by atoms with van der Waals surface area (Å²) in [6.45, 7) is 0. The van der Waals surface area contributed by atoms with Crippen LogP contribution in [-0.4, -0.2) is 0 Å². The van der Waals surface area contributed by atoms with Gasteiger partial charge in [0.05, 0.1) is 6.26 Å². The Morgan fingerprint density at radius 3 is 2.75 bits per heavy atom. The van der Waals surface area contributed by atoms with Crippen LogP contribution in [0.4, 0.5) is 4.39 Å². The van der Waals surface area contributed by atoms with Crippen LogP contribution in [0.2, 0.25) is 0 Å². The fourth-order valence-corrected chi connectivity index (χ4v) is 2.69. The van der Waals surface area contributed by atoms with Gasteiger partial charge in [-0.1, -0.05) is 12.8 Å². The van der Waals surface area contributed by atoms with Crippen molar-refractivity contribution in [1.29, 1.82) is 0 Å². The van der Waals surface area contributed by atoms with Crippen molar-refractivity contribution in [3.63, 3.8) is 0 Å². The maximum atomic E-state index is 13.5. The summed E-state index contributed by atoms with van der Waals surface area (Å²) in [5.41, 5.74) is 7.51. The smallest absolute Gasteiger partial charge is 0.139 e. The Hall–Kier alpha value is -1.35. The van der Waals surface area contributed by atoms with E-state index >= 15 is 0 Å². The summed E-state index contributed by atoms with van der Waals surface area (Å²) in [5.74, 6) is -0.236. The Morgan fingerprint density at radius 1 is 1.25 bits per heavy atom. The molecule has 0 bridgehead atoms. The lowest BCUT2D eigenvalue weighted by atomic mass is 9.88. The molecule has 1 aliphatic carbocycles. The van der Waals surface area contributed by atoms with E-state index in [1.54, 1.807) is 12.3 Å². The molecule has 0 amide bonds. The number of hydrogen-bond acceptors (Lipinski definition) is 2. The van der Waals surface area contributed by atoms with E-state index in [2.05, 4.69) is 0 Å². The van der Waals surface area contributed by atoms with E-state index in [1.165, 1.54) is 12.1 Å². The lowest BCUT2D eigenvalue weighted by Crippen LogP contribution is -2.33. The quantitative estimate of drug-likeness (QED) is 0.799. The third kappa shape index (κ3) is 1.35. The Morgan fingerprint density at radius 2 is 2.00 bits per heavy atom. The molecule has 0 saturated heterocycles. The Bertz CT molecular complexity index is 526. The summed E-state index contributed by atoms with van der Waals surface area (Å²) in [4.78, 5) is 0. The maximum absolute atomic E-state index is 13.5. The van der Waals surface area contributed by atoms with E-state index in [-0.39, 0.29) is 5.82 Å². The number of benzene rings is 1. The van der Waals surface area contributed by atoms with Crippen LogP contribution in [-0.2, 0) is 5.54 Å². The molecule has 1 heterocycles. The highest BCUT2D eigenvalue weighted by molar-refractivity contribution is 5.81. The highest BCUT2D eigenvalue weighted by Gasteiger charge is 2.34. The number of rotatable bonds is 1. The van der Waals surface area contributed by atoms with E-state index in [4.69, 9.17) is 10.2 Å². The van der Waals surface area contributed by atoms with Gasteiger partial charge in [0.15, 0.2) is 0 Å². The first kappa shape index (κ1) is 9.85. The number of furan rings is 1. The van der Waals surface area contributed by atoms with Crippen molar-refractivity contribution in [3.8, 4) is 0 Å². The predicted octanol–water partition coefficient (Wildman–Crippen LogP) is 3.30. The van der Waals surface area contributed by atoms with Gasteiger partial charge in [0.2, 0.25) is 0 Å². The first-order valence-electron chi connectivity index (χ1n) is 5.65. The molecule has 0 spiro atoms. The summed E-state index contributed by atoms with van der Waals surface area (Å²) in [6.07, 6.45) is 5.62. The summed E-state index contributed by atoms with van der Waals surface area (Å²) < 4.78 is 18.9. The minimum atomic E-state index is -0.405. The Balaban J connectivity index is 2.25. The van der Waals surface area contributed by atoms with Gasteiger partial charge in [-0.05, 0) is 31.0 Å². The minimum absolute atomic E-state index is 0.236. The molecule has 0 atom stereocenters. The van der Waals surface area contributed by atoms with Gasteiger partial charge in [0.25, 0.3) is 0 Å². The van der Waals surface area contributed by atoms with E-state index in [0.717, 1.165) is 42.2 Å². The summed E-state index contributed by atoms with van der Waals surface area (Å²) in [7, 11) is 0. The zero-order chi connectivity index (χ0) is 11.2. The van der Waals surface area contributed by atoms with Crippen molar-refractivity contribution in [1.82, 2.24) is 0 Å². The molecular formula is C13H14FNO. The second kappa shape index (κ2) is 3.32. The molecule has 2 N–H and O–H groups in total. The van der Waals surface area contributed by atoms with Crippen LogP contribution in [0.3, 0.4) is 0 Å². The van der Waals surface area contributed by atoms with Crippen molar-refractivity contribution in [3.05, 3.63) is 35.8 Å². The van der Waals surface area contributed by atoms with E-state index in [0.29, 0.717) is 0 Å². The van der Waals surface area contributed by atoms with Crippen LogP contribution in [0.1, 0.15) is 31.2 Å². The topological polar surface area (TPSA) is 39.2 Å². The van der Waals surface area contributed by atoms with Crippen LogP contribution in [0, 0.1) is 5.82 Å². The molecule has 0 unspecified atom stereocenters. The fraction of sp³-hybridized carbons (Fsp3) is 0.385. The van der Waals surface area contributed by atoms with Crippen molar-refractivity contribution in [2.45, 2.75) is 31.2 Å². The molecule has 1 aromatic heterocycles. The number of fused-ring (bicyclic) bond motifs is 1. The summed E-state index contributed by atoms with van der Waals surface area (Å²) in [5, 5.41) is 0.798. The van der Waals surface area contributed by atoms with Crippen molar-refractivity contribution >= 4 is 11.0 Å². The average molecular weight is 219 g/mol.